The molecule has 5 heteroatoms. The minimum absolute atomic E-state index is 0.153. The van der Waals surface area contributed by atoms with E-state index in [0.717, 1.165) is 5.56 Å². The van der Waals surface area contributed by atoms with Gasteiger partial charge in [-0.1, -0.05) is 0 Å². The topological polar surface area (TPSA) is 64.3 Å². The number of amides is 1. The first-order valence-corrected chi connectivity index (χ1v) is 6.96. The third-order valence-corrected chi connectivity index (χ3v) is 3.27. The number of thiophene rings is 1. The van der Waals surface area contributed by atoms with Gasteiger partial charge in [0.25, 0.3) is 5.91 Å². The maximum Gasteiger partial charge on any atom is 0.251 e. The van der Waals surface area contributed by atoms with E-state index in [9.17, 15) is 4.79 Å². The maximum absolute atomic E-state index is 12.0. The average molecular weight is 276 g/mol. The van der Waals surface area contributed by atoms with Crippen LogP contribution in [0, 0.1) is 0 Å². The molecule has 0 radical (unpaired) electrons. The van der Waals surface area contributed by atoms with Gasteiger partial charge in [-0.3, -0.25) is 4.79 Å². The van der Waals surface area contributed by atoms with Crippen molar-refractivity contribution in [1.29, 1.82) is 0 Å². The van der Waals surface area contributed by atoms with E-state index in [1.165, 1.54) is 0 Å². The number of hydrogen-bond acceptors (Lipinski definition) is 4. The molecular weight excluding hydrogens is 260 g/mol. The first-order valence-electron chi connectivity index (χ1n) is 6.01. The van der Waals surface area contributed by atoms with Gasteiger partial charge in [-0.25, -0.2) is 0 Å². The summed E-state index contributed by atoms with van der Waals surface area (Å²) >= 11 is 1.61. The van der Waals surface area contributed by atoms with Crippen molar-refractivity contribution in [3.8, 4) is 5.75 Å². The van der Waals surface area contributed by atoms with Gasteiger partial charge in [0.15, 0.2) is 0 Å². The zero-order valence-corrected chi connectivity index (χ0v) is 11.5. The van der Waals surface area contributed by atoms with E-state index >= 15 is 0 Å². The lowest BCUT2D eigenvalue weighted by atomic mass is 10.1. The Balaban J connectivity index is 2.05. The molecule has 1 aromatic carbocycles. The lowest BCUT2D eigenvalue weighted by molar-refractivity contribution is 0.0950. The summed E-state index contributed by atoms with van der Waals surface area (Å²) < 4.78 is 5.37. The molecule has 3 N–H and O–H groups in total. The average Bonchev–Trinajstić information content (AvgIpc) is 2.88. The molecule has 4 nitrogen and oxygen atoms in total. The standard InChI is InChI=1S/C14H16N2O2S/c1-2-18-13-6-11(5-12(15)7-13)14(17)16-8-10-3-4-19-9-10/h3-7,9H,2,8,15H2,1H3,(H,16,17). The minimum atomic E-state index is -0.153. The van der Waals surface area contributed by atoms with Crippen molar-refractivity contribution in [2.24, 2.45) is 0 Å². The van der Waals surface area contributed by atoms with E-state index in [0.29, 0.717) is 30.2 Å². The van der Waals surface area contributed by atoms with Crippen LogP contribution in [-0.4, -0.2) is 12.5 Å². The van der Waals surface area contributed by atoms with Gasteiger partial charge in [0, 0.05) is 23.9 Å². The lowest BCUT2D eigenvalue weighted by Crippen LogP contribution is -2.22. The molecule has 0 fully saturated rings. The quantitative estimate of drug-likeness (QED) is 0.825. The molecule has 1 amide bonds. The molecule has 0 aliphatic heterocycles. The number of nitrogen functional groups attached to an aromatic ring is 1. The summed E-state index contributed by atoms with van der Waals surface area (Å²) in [5, 5.41) is 6.84. The summed E-state index contributed by atoms with van der Waals surface area (Å²) in [7, 11) is 0. The summed E-state index contributed by atoms with van der Waals surface area (Å²) in [5.41, 5.74) is 7.88. The van der Waals surface area contributed by atoms with E-state index < -0.39 is 0 Å². The number of nitrogens with two attached hydrogens (primary N) is 1. The number of rotatable bonds is 5. The van der Waals surface area contributed by atoms with Gasteiger partial charge in [-0.2, -0.15) is 11.3 Å². The first kappa shape index (κ1) is 13.4. The van der Waals surface area contributed by atoms with E-state index in [1.54, 1.807) is 29.5 Å². The van der Waals surface area contributed by atoms with Crippen LogP contribution in [0.4, 0.5) is 5.69 Å². The van der Waals surface area contributed by atoms with Crippen LogP contribution in [0.5, 0.6) is 5.75 Å². The van der Waals surface area contributed by atoms with Crippen LogP contribution in [0.15, 0.2) is 35.0 Å². The highest BCUT2D eigenvalue weighted by Gasteiger charge is 2.08. The van der Waals surface area contributed by atoms with Crippen molar-refractivity contribution in [3.05, 3.63) is 46.2 Å². The minimum Gasteiger partial charge on any atom is -0.494 e. The Kier molecular flexibility index (Phi) is 4.41. The SMILES string of the molecule is CCOc1cc(N)cc(C(=O)NCc2ccsc2)c1. The van der Waals surface area contributed by atoms with Gasteiger partial charge in [0.1, 0.15) is 5.75 Å². The smallest absolute Gasteiger partial charge is 0.251 e. The number of ether oxygens (including phenoxy) is 1. The normalized spacial score (nSPS) is 10.2. The zero-order chi connectivity index (χ0) is 13.7. The fraction of sp³-hybridized carbons (Fsp3) is 0.214. The fourth-order valence-electron chi connectivity index (χ4n) is 1.68. The Morgan fingerprint density at radius 3 is 2.95 bits per heavy atom. The Hall–Kier alpha value is -2.01. The van der Waals surface area contributed by atoms with Crippen LogP contribution in [0.3, 0.4) is 0 Å². The van der Waals surface area contributed by atoms with Crippen molar-refractivity contribution < 1.29 is 9.53 Å². The van der Waals surface area contributed by atoms with Gasteiger partial charge in [0.2, 0.25) is 0 Å². The van der Waals surface area contributed by atoms with E-state index in [4.69, 9.17) is 10.5 Å². The summed E-state index contributed by atoms with van der Waals surface area (Å²) in [5.74, 6) is 0.461. The molecule has 1 aromatic heterocycles. The van der Waals surface area contributed by atoms with Crippen LogP contribution in [0.2, 0.25) is 0 Å². The molecule has 2 rings (SSSR count). The highest BCUT2D eigenvalue weighted by atomic mass is 32.1. The number of nitrogens with one attached hydrogen (secondary N) is 1. The van der Waals surface area contributed by atoms with Crippen molar-refractivity contribution in [2.45, 2.75) is 13.5 Å². The molecule has 0 spiro atoms. The van der Waals surface area contributed by atoms with Crippen LogP contribution in [-0.2, 0) is 6.54 Å². The molecule has 0 atom stereocenters. The van der Waals surface area contributed by atoms with E-state index in [1.807, 2.05) is 23.8 Å². The van der Waals surface area contributed by atoms with E-state index in [-0.39, 0.29) is 5.91 Å². The highest BCUT2D eigenvalue weighted by Crippen LogP contribution is 2.19. The van der Waals surface area contributed by atoms with Gasteiger partial charge >= 0.3 is 0 Å². The van der Waals surface area contributed by atoms with Gasteiger partial charge < -0.3 is 15.8 Å². The number of carbonyl (C=O) groups excluding carboxylic acids is 1. The van der Waals surface area contributed by atoms with Crippen LogP contribution in [0.1, 0.15) is 22.8 Å². The third kappa shape index (κ3) is 3.72. The number of anilines is 1. The van der Waals surface area contributed by atoms with E-state index in [2.05, 4.69) is 5.32 Å². The van der Waals surface area contributed by atoms with Gasteiger partial charge in [0.05, 0.1) is 6.61 Å². The maximum atomic E-state index is 12.0. The molecule has 0 aliphatic rings. The van der Waals surface area contributed by atoms with Gasteiger partial charge in [-0.05, 0) is 41.4 Å². The van der Waals surface area contributed by atoms with Crippen LogP contribution < -0.4 is 15.8 Å². The number of hydrogen-bond donors (Lipinski definition) is 2. The Morgan fingerprint density at radius 1 is 1.42 bits per heavy atom. The molecular formula is C14H16N2O2S. The molecule has 0 bridgehead atoms. The second-order valence-corrected chi connectivity index (χ2v) is 4.82. The largest absolute Gasteiger partial charge is 0.494 e. The fourth-order valence-corrected chi connectivity index (χ4v) is 2.35. The molecule has 0 saturated heterocycles. The third-order valence-electron chi connectivity index (χ3n) is 2.54. The predicted molar refractivity (Wildman–Crippen MR) is 77.5 cm³/mol. The van der Waals surface area contributed by atoms with Crippen molar-refractivity contribution in [3.63, 3.8) is 0 Å². The monoisotopic (exact) mass is 276 g/mol. The van der Waals surface area contributed by atoms with Crippen LogP contribution in [0.25, 0.3) is 0 Å². The molecule has 19 heavy (non-hydrogen) atoms. The number of benzene rings is 1. The second-order valence-electron chi connectivity index (χ2n) is 4.04. The van der Waals surface area contributed by atoms with Crippen molar-refractivity contribution >= 4 is 22.9 Å². The highest BCUT2D eigenvalue weighted by molar-refractivity contribution is 7.07. The predicted octanol–water partition coefficient (Wildman–Crippen LogP) is 2.66. The molecule has 0 saturated carbocycles. The molecule has 100 valence electrons. The summed E-state index contributed by atoms with van der Waals surface area (Å²) in [6, 6.07) is 7.03. The second kappa shape index (κ2) is 6.24. The Morgan fingerprint density at radius 2 is 2.26 bits per heavy atom. The van der Waals surface area contributed by atoms with Crippen molar-refractivity contribution in [1.82, 2.24) is 5.32 Å². The van der Waals surface area contributed by atoms with Gasteiger partial charge in [-0.15, -0.1) is 0 Å². The Bertz CT molecular complexity index is 553. The molecule has 0 unspecified atom stereocenters. The molecule has 0 aliphatic carbocycles. The molecule has 1 heterocycles. The summed E-state index contributed by atoms with van der Waals surface area (Å²) in [6.45, 7) is 2.94. The lowest BCUT2D eigenvalue weighted by Gasteiger charge is -2.08. The first-order chi connectivity index (χ1) is 9.19. The summed E-state index contributed by atoms with van der Waals surface area (Å²) in [4.78, 5) is 12.0. The summed E-state index contributed by atoms with van der Waals surface area (Å²) in [6.07, 6.45) is 0. The number of carbonyl (C=O) groups is 1. The Labute approximate surface area is 116 Å². The van der Waals surface area contributed by atoms with Crippen molar-refractivity contribution in [2.75, 3.05) is 12.3 Å². The zero-order valence-electron chi connectivity index (χ0n) is 10.7. The molecule has 2 aromatic rings. The van der Waals surface area contributed by atoms with Crippen LogP contribution >= 0.6 is 11.3 Å².